The lowest BCUT2D eigenvalue weighted by atomic mass is 9.69. The van der Waals surface area contributed by atoms with E-state index >= 15 is 0 Å². The molecule has 0 aromatic carbocycles. The Kier molecular flexibility index (Phi) is 5.70. The summed E-state index contributed by atoms with van der Waals surface area (Å²) in [6, 6.07) is 0.734. The first-order chi connectivity index (χ1) is 9.07. The van der Waals surface area contributed by atoms with Crippen LogP contribution in [0.2, 0.25) is 0 Å². The normalized spacial score (nSPS) is 33.3. The quantitative estimate of drug-likeness (QED) is 0.826. The maximum absolute atomic E-state index is 5.82. The highest BCUT2D eigenvalue weighted by atomic mass is 16.5. The molecular weight excluding hydrogens is 234 g/mol. The van der Waals surface area contributed by atoms with Crippen LogP contribution in [0.1, 0.15) is 72.1 Å². The number of hydrogen-bond donors (Lipinski definition) is 1. The molecule has 1 heterocycles. The van der Waals surface area contributed by atoms with E-state index in [0.717, 1.165) is 25.1 Å². The first-order valence-electron chi connectivity index (χ1n) is 8.42. The zero-order valence-electron chi connectivity index (χ0n) is 13.2. The van der Waals surface area contributed by atoms with Crippen molar-refractivity contribution in [2.24, 2.45) is 11.3 Å². The van der Waals surface area contributed by atoms with Crippen molar-refractivity contribution < 1.29 is 4.74 Å². The minimum atomic E-state index is 0.444. The Labute approximate surface area is 119 Å². The zero-order chi connectivity index (χ0) is 13.7. The van der Waals surface area contributed by atoms with Crippen molar-refractivity contribution in [2.75, 3.05) is 13.2 Å². The Bertz CT molecular complexity index is 252. The number of ether oxygens (including phenoxy) is 1. The summed E-state index contributed by atoms with van der Waals surface area (Å²) < 4.78 is 5.82. The number of hydrogen-bond acceptors (Lipinski definition) is 2. The van der Waals surface area contributed by atoms with Crippen LogP contribution in [0.3, 0.4) is 0 Å². The molecule has 1 N–H and O–H groups in total. The smallest absolute Gasteiger partial charge is 0.0587 e. The highest BCUT2D eigenvalue weighted by Crippen LogP contribution is 2.37. The molecule has 0 bridgehead atoms. The molecule has 0 spiro atoms. The van der Waals surface area contributed by atoms with Crippen molar-refractivity contribution in [1.82, 2.24) is 5.32 Å². The minimum Gasteiger partial charge on any atom is -0.378 e. The molecule has 0 amide bonds. The van der Waals surface area contributed by atoms with Gasteiger partial charge in [0.25, 0.3) is 0 Å². The Morgan fingerprint density at radius 1 is 1.00 bits per heavy atom. The Morgan fingerprint density at radius 2 is 1.74 bits per heavy atom. The maximum Gasteiger partial charge on any atom is 0.0587 e. The second kappa shape index (κ2) is 7.08. The molecule has 1 aliphatic heterocycles. The van der Waals surface area contributed by atoms with Crippen LogP contribution >= 0.6 is 0 Å². The lowest BCUT2D eigenvalue weighted by Gasteiger charge is -2.41. The van der Waals surface area contributed by atoms with Gasteiger partial charge in [-0.25, -0.2) is 0 Å². The van der Waals surface area contributed by atoms with Gasteiger partial charge >= 0.3 is 0 Å². The maximum atomic E-state index is 5.82. The van der Waals surface area contributed by atoms with E-state index in [1.165, 1.54) is 51.4 Å². The van der Waals surface area contributed by atoms with Gasteiger partial charge in [-0.05, 0) is 56.4 Å². The molecule has 3 atom stereocenters. The van der Waals surface area contributed by atoms with E-state index in [4.69, 9.17) is 4.74 Å². The summed E-state index contributed by atoms with van der Waals surface area (Å²) in [6.45, 7) is 9.34. The molecule has 0 radical (unpaired) electrons. The van der Waals surface area contributed by atoms with Crippen molar-refractivity contribution in [1.29, 1.82) is 0 Å². The van der Waals surface area contributed by atoms with Crippen LogP contribution in [-0.2, 0) is 4.74 Å². The third-order valence-electron chi connectivity index (χ3n) is 5.03. The summed E-state index contributed by atoms with van der Waals surface area (Å²) in [5.41, 5.74) is 0.444. The molecular formula is C17H33NO. The number of nitrogens with one attached hydrogen (secondary N) is 1. The molecule has 2 rings (SSSR count). The first kappa shape index (κ1) is 15.3. The molecule has 1 saturated carbocycles. The van der Waals surface area contributed by atoms with Crippen molar-refractivity contribution in [2.45, 2.75) is 84.3 Å². The average molecular weight is 267 g/mol. The second-order valence-corrected chi connectivity index (χ2v) is 7.59. The van der Waals surface area contributed by atoms with Crippen molar-refractivity contribution in [3.8, 4) is 0 Å². The standard InChI is InChI=1S/C17H33NO/c1-17(2,3)15-9-4-5-10-16(15)18-12-11-14-8-6-7-13-19-14/h14-16,18H,4-13H2,1-3H3. The van der Waals surface area contributed by atoms with Gasteiger partial charge in [-0.2, -0.15) is 0 Å². The van der Waals surface area contributed by atoms with Gasteiger partial charge in [-0.1, -0.05) is 33.6 Å². The number of rotatable bonds is 4. The molecule has 2 aliphatic rings. The van der Waals surface area contributed by atoms with Crippen molar-refractivity contribution >= 4 is 0 Å². The van der Waals surface area contributed by atoms with Crippen LogP contribution in [-0.4, -0.2) is 25.3 Å². The van der Waals surface area contributed by atoms with E-state index in [-0.39, 0.29) is 0 Å². The van der Waals surface area contributed by atoms with Gasteiger partial charge in [0.15, 0.2) is 0 Å². The van der Waals surface area contributed by atoms with Crippen LogP contribution in [0.25, 0.3) is 0 Å². The van der Waals surface area contributed by atoms with Gasteiger partial charge in [0.1, 0.15) is 0 Å². The zero-order valence-corrected chi connectivity index (χ0v) is 13.2. The lowest BCUT2D eigenvalue weighted by molar-refractivity contribution is 0.00995. The van der Waals surface area contributed by atoms with Crippen molar-refractivity contribution in [3.63, 3.8) is 0 Å². The predicted molar refractivity (Wildman–Crippen MR) is 81.4 cm³/mol. The summed E-state index contributed by atoms with van der Waals surface area (Å²) in [5, 5.41) is 3.85. The fourth-order valence-corrected chi connectivity index (χ4v) is 3.88. The van der Waals surface area contributed by atoms with E-state index in [9.17, 15) is 0 Å². The van der Waals surface area contributed by atoms with E-state index < -0.39 is 0 Å². The van der Waals surface area contributed by atoms with Gasteiger partial charge in [-0.15, -0.1) is 0 Å². The molecule has 0 aromatic rings. The third-order valence-corrected chi connectivity index (χ3v) is 5.03. The van der Waals surface area contributed by atoms with Gasteiger partial charge in [0.2, 0.25) is 0 Å². The van der Waals surface area contributed by atoms with Crippen LogP contribution < -0.4 is 5.32 Å². The molecule has 2 heteroatoms. The first-order valence-corrected chi connectivity index (χ1v) is 8.42. The van der Waals surface area contributed by atoms with Crippen LogP contribution in [0.15, 0.2) is 0 Å². The second-order valence-electron chi connectivity index (χ2n) is 7.59. The molecule has 1 saturated heterocycles. The van der Waals surface area contributed by atoms with E-state index in [1.807, 2.05) is 0 Å². The lowest BCUT2D eigenvalue weighted by Crippen LogP contribution is -2.45. The molecule has 2 fully saturated rings. The highest BCUT2D eigenvalue weighted by Gasteiger charge is 2.33. The molecule has 1 aliphatic carbocycles. The molecule has 112 valence electrons. The van der Waals surface area contributed by atoms with E-state index in [1.54, 1.807) is 0 Å². The summed E-state index contributed by atoms with van der Waals surface area (Å²) in [4.78, 5) is 0. The third kappa shape index (κ3) is 4.75. The van der Waals surface area contributed by atoms with Crippen LogP contribution in [0.4, 0.5) is 0 Å². The fourth-order valence-electron chi connectivity index (χ4n) is 3.88. The van der Waals surface area contributed by atoms with Gasteiger partial charge in [0.05, 0.1) is 6.10 Å². The van der Waals surface area contributed by atoms with Gasteiger partial charge in [-0.3, -0.25) is 0 Å². The molecule has 0 aromatic heterocycles. The minimum absolute atomic E-state index is 0.444. The molecule has 2 nitrogen and oxygen atoms in total. The van der Waals surface area contributed by atoms with Crippen LogP contribution in [0, 0.1) is 11.3 Å². The predicted octanol–water partition coefficient (Wildman–Crippen LogP) is 4.14. The van der Waals surface area contributed by atoms with E-state index in [2.05, 4.69) is 26.1 Å². The Balaban J connectivity index is 1.73. The SMILES string of the molecule is CC(C)(C)C1CCCCC1NCCC1CCCCO1. The summed E-state index contributed by atoms with van der Waals surface area (Å²) in [5.74, 6) is 0.841. The summed E-state index contributed by atoms with van der Waals surface area (Å²) in [7, 11) is 0. The van der Waals surface area contributed by atoms with Gasteiger partial charge < -0.3 is 10.1 Å². The summed E-state index contributed by atoms with van der Waals surface area (Å²) in [6.07, 6.45) is 11.2. The van der Waals surface area contributed by atoms with Crippen LogP contribution in [0.5, 0.6) is 0 Å². The summed E-state index contributed by atoms with van der Waals surface area (Å²) >= 11 is 0. The van der Waals surface area contributed by atoms with Crippen molar-refractivity contribution in [3.05, 3.63) is 0 Å². The Morgan fingerprint density at radius 3 is 2.42 bits per heavy atom. The molecule has 3 unspecified atom stereocenters. The molecule has 19 heavy (non-hydrogen) atoms. The highest BCUT2D eigenvalue weighted by molar-refractivity contribution is 4.88. The topological polar surface area (TPSA) is 21.3 Å². The largest absolute Gasteiger partial charge is 0.378 e. The van der Waals surface area contributed by atoms with Gasteiger partial charge in [0, 0.05) is 12.6 Å². The monoisotopic (exact) mass is 267 g/mol. The average Bonchev–Trinajstić information content (AvgIpc) is 2.39. The van der Waals surface area contributed by atoms with E-state index in [0.29, 0.717) is 11.5 Å². The fraction of sp³-hybridized carbons (Fsp3) is 1.00. The Hall–Kier alpha value is -0.0800.